The number of carbonyl (C=O) groups excluding carboxylic acids is 3. The maximum Gasteiger partial charge on any atom is 0.325 e. The second-order valence-corrected chi connectivity index (χ2v) is 9.09. The Hall–Kier alpha value is -3.46. The summed E-state index contributed by atoms with van der Waals surface area (Å²) in [6.45, 7) is 4.47. The molecule has 3 aliphatic rings. The fraction of sp³-hybridized carbons (Fsp3) is 0.375. The number of rotatable bonds is 4. The van der Waals surface area contributed by atoms with Gasteiger partial charge < -0.3 is 24.6 Å². The summed E-state index contributed by atoms with van der Waals surface area (Å²) in [5, 5.41) is 3.41. The average molecular weight is 485 g/mol. The van der Waals surface area contributed by atoms with Crippen molar-refractivity contribution in [1.29, 1.82) is 0 Å². The molecule has 0 saturated carbocycles. The van der Waals surface area contributed by atoms with Crippen LogP contribution in [0, 0.1) is 0 Å². The zero-order chi connectivity index (χ0) is 23.9. The Morgan fingerprint density at radius 3 is 2.50 bits per heavy atom. The van der Waals surface area contributed by atoms with E-state index >= 15 is 0 Å². The molecular formula is C24H25ClN4O5. The monoisotopic (exact) mass is 484 g/mol. The molecule has 1 unspecified atom stereocenters. The number of piperazine rings is 1. The number of anilines is 1. The highest BCUT2D eigenvalue weighted by Crippen LogP contribution is 2.36. The fourth-order valence-electron chi connectivity index (χ4n) is 4.51. The molecule has 3 aliphatic heterocycles. The van der Waals surface area contributed by atoms with Gasteiger partial charge in [0.15, 0.2) is 11.5 Å². The zero-order valence-corrected chi connectivity index (χ0v) is 19.5. The van der Waals surface area contributed by atoms with Gasteiger partial charge in [-0.2, -0.15) is 0 Å². The molecule has 34 heavy (non-hydrogen) atoms. The van der Waals surface area contributed by atoms with Gasteiger partial charge in [0, 0.05) is 36.9 Å². The number of hydrogen-bond acceptors (Lipinski definition) is 6. The molecule has 3 heterocycles. The van der Waals surface area contributed by atoms with Gasteiger partial charge in [0.2, 0.25) is 5.91 Å². The Kier molecular flexibility index (Phi) is 5.73. The van der Waals surface area contributed by atoms with Gasteiger partial charge in [0.1, 0.15) is 25.3 Å². The molecule has 1 N–H and O–H groups in total. The summed E-state index contributed by atoms with van der Waals surface area (Å²) < 4.78 is 11.2. The molecule has 1 atom stereocenters. The van der Waals surface area contributed by atoms with Crippen molar-refractivity contribution in [2.45, 2.75) is 12.5 Å². The van der Waals surface area contributed by atoms with E-state index in [0.29, 0.717) is 61.5 Å². The molecule has 2 aromatic carbocycles. The van der Waals surface area contributed by atoms with Crippen LogP contribution in [0.2, 0.25) is 5.02 Å². The van der Waals surface area contributed by atoms with Crippen molar-refractivity contribution in [1.82, 2.24) is 15.1 Å². The number of imide groups is 1. The third-order valence-corrected chi connectivity index (χ3v) is 6.73. The molecule has 2 aromatic rings. The number of carbonyl (C=O) groups is 3. The fourth-order valence-corrected chi connectivity index (χ4v) is 4.70. The SMILES string of the molecule is CC1(c2ccc3c(c2)OCCO3)NC(=O)N(CC(=O)N2CCN(c3cccc(Cl)c3)CC2)C1=O. The molecule has 2 fully saturated rings. The number of nitrogens with one attached hydrogen (secondary N) is 1. The third-order valence-electron chi connectivity index (χ3n) is 6.49. The first-order valence-corrected chi connectivity index (χ1v) is 11.6. The van der Waals surface area contributed by atoms with Gasteiger partial charge in [-0.1, -0.05) is 23.7 Å². The summed E-state index contributed by atoms with van der Waals surface area (Å²) in [6, 6.07) is 12.2. The van der Waals surface area contributed by atoms with Crippen molar-refractivity contribution in [3.8, 4) is 11.5 Å². The van der Waals surface area contributed by atoms with Crippen LogP contribution in [0.4, 0.5) is 10.5 Å². The molecule has 10 heteroatoms. The Labute approximate surface area is 202 Å². The van der Waals surface area contributed by atoms with E-state index in [4.69, 9.17) is 21.1 Å². The van der Waals surface area contributed by atoms with Crippen molar-refractivity contribution in [3.05, 3.63) is 53.1 Å². The lowest BCUT2D eigenvalue weighted by Crippen LogP contribution is -2.52. The first-order chi connectivity index (χ1) is 16.3. The van der Waals surface area contributed by atoms with E-state index < -0.39 is 17.5 Å². The maximum atomic E-state index is 13.3. The van der Waals surface area contributed by atoms with Gasteiger partial charge in [-0.15, -0.1) is 0 Å². The third kappa shape index (κ3) is 4.00. The number of ether oxygens (including phenoxy) is 2. The van der Waals surface area contributed by atoms with Crippen molar-refractivity contribution in [3.63, 3.8) is 0 Å². The van der Waals surface area contributed by atoms with E-state index in [0.717, 1.165) is 10.6 Å². The van der Waals surface area contributed by atoms with Crippen molar-refractivity contribution in [2.24, 2.45) is 0 Å². The second kappa shape index (κ2) is 8.72. The van der Waals surface area contributed by atoms with Gasteiger partial charge in [-0.25, -0.2) is 4.79 Å². The van der Waals surface area contributed by atoms with Crippen LogP contribution in [-0.2, 0) is 15.1 Å². The highest BCUT2D eigenvalue weighted by Gasteiger charge is 2.50. The van der Waals surface area contributed by atoms with Crippen LogP contribution in [0.5, 0.6) is 11.5 Å². The molecular weight excluding hydrogens is 460 g/mol. The number of urea groups is 1. The molecule has 0 bridgehead atoms. The largest absolute Gasteiger partial charge is 0.486 e. The quantitative estimate of drug-likeness (QED) is 0.669. The summed E-state index contributed by atoms with van der Waals surface area (Å²) in [5.74, 6) is 0.388. The first kappa shape index (κ1) is 22.3. The molecule has 0 aliphatic carbocycles. The van der Waals surface area contributed by atoms with Crippen molar-refractivity contribution >= 4 is 35.1 Å². The number of amides is 4. The van der Waals surface area contributed by atoms with Crippen LogP contribution in [0.3, 0.4) is 0 Å². The zero-order valence-electron chi connectivity index (χ0n) is 18.8. The van der Waals surface area contributed by atoms with E-state index in [9.17, 15) is 14.4 Å². The number of fused-ring (bicyclic) bond motifs is 1. The molecule has 5 rings (SSSR count). The Morgan fingerprint density at radius 1 is 1.03 bits per heavy atom. The standard InChI is InChI=1S/C24H25ClN4O5/c1-24(16-5-6-19-20(13-16)34-12-11-33-19)22(31)29(23(32)26-24)15-21(30)28-9-7-27(8-10-28)18-4-2-3-17(25)14-18/h2-6,13-14H,7-12,15H2,1H3,(H,26,32). The van der Waals surface area contributed by atoms with Crippen molar-refractivity contribution in [2.75, 3.05) is 50.8 Å². The van der Waals surface area contributed by atoms with Crippen LogP contribution in [0.25, 0.3) is 0 Å². The topological polar surface area (TPSA) is 91.4 Å². The van der Waals surface area contributed by atoms with Gasteiger partial charge in [-0.3, -0.25) is 14.5 Å². The van der Waals surface area contributed by atoms with E-state index in [1.165, 1.54) is 0 Å². The highest BCUT2D eigenvalue weighted by atomic mass is 35.5. The number of hydrogen-bond donors (Lipinski definition) is 1. The Bertz CT molecular complexity index is 1150. The maximum absolute atomic E-state index is 13.3. The van der Waals surface area contributed by atoms with Crippen molar-refractivity contribution < 1.29 is 23.9 Å². The average Bonchev–Trinajstić information content (AvgIpc) is 3.07. The molecule has 2 saturated heterocycles. The van der Waals surface area contributed by atoms with Crippen LogP contribution in [-0.4, -0.2) is 73.6 Å². The predicted molar refractivity (Wildman–Crippen MR) is 125 cm³/mol. The van der Waals surface area contributed by atoms with Gasteiger partial charge in [0.25, 0.3) is 5.91 Å². The van der Waals surface area contributed by atoms with Gasteiger partial charge >= 0.3 is 6.03 Å². The normalized spacial score (nSPS) is 22.1. The summed E-state index contributed by atoms with van der Waals surface area (Å²) >= 11 is 6.09. The lowest BCUT2D eigenvalue weighted by Gasteiger charge is -2.36. The number of nitrogens with zero attached hydrogens (tertiary/aromatic N) is 3. The molecule has 0 radical (unpaired) electrons. The van der Waals surface area contributed by atoms with E-state index in [2.05, 4.69) is 10.2 Å². The Morgan fingerprint density at radius 2 is 1.76 bits per heavy atom. The molecule has 9 nitrogen and oxygen atoms in total. The van der Waals surface area contributed by atoms with Crippen LogP contribution in [0.1, 0.15) is 12.5 Å². The van der Waals surface area contributed by atoms with Crippen LogP contribution < -0.4 is 19.7 Å². The highest BCUT2D eigenvalue weighted by molar-refractivity contribution is 6.30. The Balaban J connectivity index is 1.24. The lowest BCUT2D eigenvalue weighted by molar-refractivity contribution is -0.139. The summed E-state index contributed by atoms with van der Waals surface area (Å²) in [7, 11) is 0. The number of benzene rings is 2. The van der Waals surface area contributed by atoms with Crippen LogP contribution >= 0.6 is 11.6 Å². The van der Waals surface area contributed by atoms with E-state index in [1.807, 2.05) is 24.3 Å². The van der Waals surface area contributed by atoms with Gasteiger partial charge in [-0.05, 0) is 42.8 Å². The van der Waals surface area contributed by atoms with E-state index in [-0.39, 0.29) is 12.5 Å². The minimum absolute atomic E-state index is 0.263. The minimum atomic E-state index is -1.29. The predicted octanol–water partition coefficient (Wildman–Crippen LogP) is 2.23. The van der Waals surface area contributed by atoms with Crippen LogP contribution in [0.15, 0.2) is 42.5 Å². The molecule has 0 aromatic heterocycles. The summed E-state index contributed by atoms with van der Waals surface area (Å²) in [4.78, 5) is 43.8. The second-order valence-electron chi connectivity index (χ2n) is 8.65. The lowest BCUT2D eigenvalue weighted by atomic mass is 9.91. The number of halogens is 1. The first-order valence-electron chi connectivity index (χ1n) is 11.2. The molecule has 178 valence electrons. The van der Waals surface area contributed by atoms with Gasteiger partial charge in [0.05, 0.1) is 0 Å². The summed E-state index contributed by atoms with van der Waals surface area (Å²) in [6.07, 6.45) is 0. The molecule has 0 spiro atoms. The smallest absolute Gasteiger partial charge is 0.325 e. The molecule has 4 amide bonds. The summed E-state index contributed by atoms with van der Waals surface area (Å²) in [5.41, 5.74) is 0.280. The minimum Gasteiger partial charge on any atom is -0.486 e. The van der Waals surface area contributed by atoms with E-state index in [1.54, 1.807) is 30.0 Å².